The molecule has 1 aromatic carbocycles. The van der Waals surface area contributed by atoms with Crippen LogP contribution in [-0.2, 0) is 11.2 Å². The van der Waals surface area contributed by atoms with E-state index in [1.54, 1.807) is 0 Å². The summed E-state index contributed by atoms with van der Waals surface area (Å²) in [6.07, 6.45) is 2.78. The van der Waals surface area contributed by atoms with Gasteiger partial charge < -0.3 is 10.6 Å². The highest BCUT2D eigenvalue weighted by Gasteiger charge is 2.25. The van der Waals surface area contributed by atoms with Gasteiger partial charge in [0.2, 0.25) is 5.91 Å². The Bertz CT molecular complexity index is 389. The molecule has 0 unspecified atom stereocenters. The summed E-state index contributed by atoms with van der Waals surface area (Å²) >= 11 is 0. The number of nitrogens with zero attached hydrogens (tertiary/aromatic N) is 1. The summed E-state index contributed by atoms with van der Waals surface area (Å²) in [6, 6.07) is 7.72. The molecule has 0 spiro atoms. The van der Waals surface area contributed by atoms with Crippen molar-refractivity contribution in [2.24, 2.45) is 5.73 Å². The van der Waals surface area contributed by atoms with Crippen LogP contribution in [-0.4, -0.2) is 18.5 Å². The van der Waals surface area contributed by atoms with E-state index in [2.05, 4.69) is 6.07 Å². The van der Waals surface area contributed by atoms with E-state index in [1.165, 1.54) is 5.56 Å². The van der Waals surface area contributed by atoms with Gasteiger partial charge in [0.05, 0.1) is 6.04 Å². The Morgan fingerprint density at radius 1 is 1.50 bits per heavy atom. The Balaban J connectivity index is 2.28. The summed E-state index contributed by atoms with van der Waals surface area (Å²) in [4.78, 5) is 13.9. The summed E-state index contributed by atoms with van der Waals surface area (Å²) in [6.45, 7) is 2.74. The molecule has 3 heteroatoms. The fourth-order valence-corrected chi connectivity index (χ4v) is 2.14. The van der Waals surface area contributed by atoms with Crippen molar-refractivity contribution >= 4 is 11.6 Å². The van der Waals surface area contributed by atoms with Crippen LogP contribution in [0.25, 0.3) is 0 Å². The van der Waals surface area contributed by atoms with Crippen molar-refractivity contribution in [2.75, 3.05) is 11.4 Å². The second kappa shape index (κ2) is 4.66. The van der Waals surface area contributed by atoms with Crippen LogP contribution in [0.1, 0.15) is 25.3 Å². The summed E-state index contributed by atoms with van der Waals surface area (Å²) < 4.78 is 0. The molecular formula is C13H18N2O. The van der Waals surface area contributed by atoms with E-state index in [0.29, 0.717) is 6.42 Å². The number of aryl methyl sites for hydroxylation is 1. The van der Waals surface area contributed by atoms with Crippen molar-refractivity contribution in [1.82, 2.24) is 0 Å². The molecule has 16 heavy (non-hydrogen) atoms. The predicted octanol–water partition coefficient (Wildman–Crippen LogP) is 1.70. The minimum atomic E-state index is -0.369. The van der Waals surface area contributed by atoms with Crippen molar-refractivity contribution in [3.8, 4) is 0 Å². The summed E-state index contributed by atoms with van der Waals surface area (Å²) in [5.74, 6) is 0.0506. The van der Waals surface area contributed by atoms with Gasteiger partial charge in [0.1, 0.15) is 0 Å². The number of benzene rings is 1. The molecule has 0 bridgehead atoms. The van der Waals surface area contributed by atoms with Crippen LogP contribution in [0.5, 0.6) is 0 Å². The fraction of sp³-hybridized carbons (Fsp3) is 0.462. The monoisotopic (exact) mass is 218 g/mol. The highest BCUT2D eigenvalue weighted by Crippen LogP contribution is 2.27. The first-order valence-corrected chi connectivity index (χ1v) is 5.89. The van der Waals surface area contributed by atoms with E-state index in [1.807, 2.05) is 30.0 Å². The number of nitrogens with two attached hydrogens (primary N) is 1. The molecule has 1 aliphatic rings. The van der Waals surface area contributed by atoms with Crippen LogP contribution in [0, 0.1) is 0 Å². The molecule has 0 radical (unpaired) electrons. The molecule has 1 aliphatic heterocycles. The zero-order chi connectivity index (χ0) is 11.5. The van der Waals surface area contributed by atoms with Crippen LogP contribution in [0.2, 0.25) is 0 Å². The average molecular weight is 218 g/mol. The Morgan fingerprint density at radius 2 is 2.25 bits per heavy atom. The van der Waals surface area contributed by atoms with Gasteiger partial charge in [-0.25, -0.2) is 0 Å². The standard InChI is InChI=1S/C13H18N2O/c1-2-11(14)13(16)15-9-5-7-10-6-3-4-8-12(10)15/h3-4,6,8,11H,2,5,7,9,14H2,1H3/t11-/m1/s1. The molecule has 1 aromatic rings. The molecule has 1 heterocycles. The number of carbonyl (C=O) groups is 1. The van der Waals surface area contributed by atoms with Gasteiger partial charge in [0, 0.05) is 12.2 Å². The Kier molecular flexibility index (Phi) is 3.25. The van der Waals surface area contributed by atoms with Crippen molar-refractivity contribution < 1.29 is 4.79 Å². The lowest BCUT2D eigenvalue weighted by molar-refractivity contribution is -0.120. The number of fused-ring (bicyclic) bond motifs is 1. The van der Waals surface area contributed by atoms with Gasteiger partial charge in [-0.15, -0.1) is 0 Å². The molecule has 3 nitrogen and oxygen atoms in total. The van der Waals surface area contributed by atoms with Crippen LogP contribution >= 0.6 is 0 Å². The maximum Gasteiger partial charge on any atom is 0.243 e. The van der Waals surface area contributed by atoms with Gasteiger partial charge in [-0.2, -0.15) is 0 Å². The number of anilines is 1. The van der Waals surface area contributed by atoms with E-state index < -0.39 is 0 Å². The van der Waals surface area contributed by atoms with Crippen molar-refractivity contribution in [1.29, 1.82) is 0 Å². The largest absolute Gasteiger partial charge is 0.320 e. The molecular weight excluding hydrogens is 200 g/mol. The molecule has 2 N–H and O–H groups in total. The number of hydrogen-bond acceptors (Lipinski definition) is 2. The lowest BCUT2D eigenvalue weighted by Gasteiger charge is -2.31. The van der Waals surface area contributed by atoms with Crippen molar-refractivity contribution in [3.63, 3.8) is 0 Å². The highest BCUT2D eigenvalue weighted by molar-refractivity contribution is 5.98. The minimum Gasteiger partial charge on any atom is -0.320 e. The molecule has 0 fully saturated rings. The third-order valence-corrected chi connectivity index (χ3v) is 3.13. The SMILES string of the molecule is CC[C@@H](N)C(=O)N1CCCc2ccccc21. The van der Waals surface area contributed by atoms with Gasteiger partial charge in [-0.1, -0.05) is 25.1 Å². The Morgan fingerprint density at radius 3 is 3.00 bits per heavy atom. The number of amides is 1. The normalized spacial score (nSPS) is 16.8. The first-order valence-electron chi connectivity index (χ1n) is 5.89. The van der Waals surface area contributed by atoms with Crippen LogP contribution in [0.4, 0.5) is 5.69 Å². The summed E-state index contributed by atoms with van der Waals surface area (Å²) in [7, 11) is 0. The highest BCUT2D eigenvalue weighted by atomic mass is 16.2. The number of rotatable bonds is 2. The molecule has 0 aliphatic carbocycles. The fourth-order valence-electron chi connectivity index (χ4n) is 2.14. The van der Waals surface area contributed by atoms with Gasteiger partial charge in [-0.05, 0) is 30.9 Å². The average Bonchev–Trinajstić information content (AvgIpc) is 2.36. The van der Waals surface area contributed by atoms with Gasteiger partial charge in [-0.3, -0.25) is 4.79 Å². The second-order valence-electron chi connectivity index (χ2n) is 4.24. The van der Waals surface area contributed by atoms with E-state index in [9.17, 15) is 4.79 Å². The third kappa shape index (κ3) is 1.95. The maximum absolute atomic E-state index is 12.1. The molecule has 0 aromatic heterocycles. The zero-order valence-corrected chi connectivity index (χ0v) is 9.65. The van der Waals surface area contributed by atoms with Crippen LogP contribution < -0.4 is 10.6 Å². The number of hydrogen-bond donors (Lipinski definition) is 1. The first kappa shape index (κ1) is 11.1. The van der Waals surface area contributed by atoms with Gasteiger partial charge in [0.15, 0.2) is 0 Å². The quantitative estimate of drug-likeness (QED) is 0.821. The van der Waals surface area contributed by atoms with E-state index in [0.717, 1.165) is 25.1 Å². The summed E-state index contributed by atoms with van der Waals surface area (Å²) in [5.41, 5.74) is 8.11. The molecule has 0 saturated heterocycles. The molecule has 1 atom stereocenters. The van der Waals surface area contributed by atoms with Crippen molar-refractivity contribution in [2.45, 2.75) is 32.2 Å². The van der Waals surface area contributed by atoms with E-state index in [-0.39, 0.29) is 11.9 Å². The molecule has 1 amide bonds. The minimum absolute atomic E-state index is 0.0506. The lowest BCUT2D eigenvalue weighted by atomic mass is 10.0. The molecule has 86 valence electrons. The smallest absolute Gasteiger partial charge is 0.243 e. The lowest BCUT2D eigenvalue weighted by Crippen LogP contribution is -2.45. The van der Waals surface area contributed by atoms with Crippen LogP contribution in [0.15, 0.2) is 24.3 Å². The van der Waals surface area contributed by atoms with Crippen LogP contribution in [0.3, 0.4) is 0 Å². The maximum atomic E-state index is 12.1. The molecule has 2 rings (SSSR count). The van der Waals surface area contributed by atoms with Gasteiger partial charge >= 0.3 is 0 Å². The van der Waals surface area contributed by atoms with E-state index >= 15 is 0 Å². The van der Waals surface area contributed by atoms with Crippen molar-refractivity contribution in [3.05, 3.63) is 29.8 Å². The zero-order valence-electron chi connectivity index (χ0n) is 9.65. The topological polar surface area (TPSA) is 46.3 Å². The van der Waals surface area contributed by atoms with Gasteiger partial charge in [0.25, 0.3) is 0 Å². The number of para-hydroxylation sites is 1. The summed E-state index contributed by atoms with van der Waals surface area (Å²) in [5, 5.41) is 0. The third-order valence-electron chi connectivity index (χ3n) is 3.13. The molecule has 0 saturated carbocycles. The predicted molar refractivity (Wildman–Crippen MR) is 65.4 cm³/mol. The first-order chi connectivity index (χ1) is 7.74. The number of carbonyl (C=O) groups excluding carboxylic acids is 1. The van der Waals surface area contributed by atoms with E-state index in [4.69, 9.17) is 5.73 Å². The Hall–Kier alpha value is -1.35. The second-order valence-corrected chi connectivity index (χ2v) is 4.24. The Labute approximate surface area is 96.2 Å².